The van der Waals surface area contributed by atoms with Gasteiger partial charge in [-0.25, -0.2) is 0 Å². The Morgan fingerprint density at radius 2 is 1.82 bits per heavy atom. The van der Waals surface area contributed by atoms with E-state index < -0.39 is 0 Å². The predicted molar refractivity (Wildman–Crippen MR) is 129 cm³/mol. The maximum absolute atomic E-state index is 13.1. The monoisotopic (exact) mass is 445 g/mol. The molecule has 0 spiro atoms. The summed E-state index contributed by atoms with van der Waals surface area (Å²) in [6.07, 6.45) is 3.10. The number of nitrogens with zero attached hydrogens (tertiary/aromatic N) is 3. The van der Waals surface area contributed by atoms with E-state index in [1.54, 1.807) is 25.7 Å². The van der Waals surface area contributed by atoms with Gasteiger partial charge in [0.1, 0.15) is 12.0 Å². The molecule has 6 nitrogen and oxygen atoms in total. The van der Waals surface area contributed by atoms with E-state index in [4.69, 9.17) is 9.15 Å². The van der Waals surface area contributed by atoms with Crippen molar-refractivity contribution in [1.29, 1.82) is 0 Å². The van der Waals surface area contributed by atoms with Crippen LogP contribution in [0.4, 0.5) is 5.69 Å². The number of furan rings is 1. The topological polar surface area (TPSA) is 49.2 Å². The second kappa shape index (κ2) is 9.71. The highest BCUT2D eigenvalue weighted by atomic mass is 16.5. The molecule has 2 unspecified atom stereocenters. The summed E-state index contributed by atoms with van der Waals surface area (Å²) in [5.41, 5.74) is 3.16. The molecule has 2 atom stereocenters. The van der Waals surface area contributed by atoms with Crippen LogP contribution in [0.2, 0.25) is 0 Å². The average Bonchev–Trinajstić information content (AvgIpc) is 3.55. The fourth-order valence-corrected chi connectivity index (χ4v) is 5.20. The van der Waals surface area contributed by atoms with Gasteiger partial charge in [0, 0.05) is 57.4 Å². The van der Waals surface area contributed by atoms with E-state index in [0.717, 1.165) is 45.0 Å². The Bertz CT molecular complexity index is 1050. The molecule has 6 heteroatoms. The van der Waals surface area contributed by atoms with Crippen molar-refractivity contribution in [3.05, 3.63) is 84.3 Å². The first-order valence-corrected chi connectivity index (χ1v) is 11.7. The number of piperazine rings is 1. The minimum atomic E-state index is 0.0491. The third-order valence-electron chi connectivity index (χ3n) is 7.00. The molecule has 3 aromatic rings. The van der Waals surface area contributed by atoms with Gasteiger partial charge in [-0.2, -0.15) is 0 Å². The number of para-hydroxylation sites is 1. The van der Waals surface area contributed by atoms with Gasteiger partial charge in [-0.15, -0.1) is 0 Å². The molecule has 2 aliphatic heterocycles. The Morgan fingerprint density at radius 3 is 2.55 bits per heavy atom. The molecule has 2 saturated heterocycles. The molecule has 2 fully saturated rings. The Morgan fingerprint density at radius 1 is 1.00 bits per heavy atom. The lowest BCUT2D eigenvalue weighted by Crippen LogP contribution is -2.48. The van der Waals surface area contributed by atoms with Crippen molar-refractivity contribution in [2.24, 2.45) is 5.92 Å². The van der Waals surface area contributed by atoms with Crippen molar-refractivity contribution in [2.75, 3.05) is 57.8 Å². The van der Waals surface area contributed by atoms with E-state index in [1.807, 2.05) is 17.0 Å². The normalized spacial score (nSPS) is 21.4. The van der Waals surface area contributed by atoms with Crippen molar-refractivity contribution >= 4 is 11.6 Å². The Labute approximate surface area is 195 Å². The zero-order chi connectivity index (χ0) is 22.6. The van der Waals surface area contributed by atoms with E-state index in [-0.39, 0.29) is 11.8 Å². The van der Waals surface area contributed by atoms with E-state index in [9.17, 15) is 4.79 Å². The van der Waals surface area contributed by atoms with Crippen LogP contribution >= 0.6 is 0 Å². The van der Waals surface area contributed by atoms with Crippen LogP contribution in [0.3, 0.4) is 0 Å². The van der Waals surface area contributed by atoms with Crippen LogP contribution < -0.4 is 9.64 Å². The molecule has 5 rings (SSSR count). The Kier molecular flexibility index (Phi) is 6.35. The molecule has 33 heavy (non-hydrogen) atoms. The molecular weight excluding hydrogens is 414 g/mol. The number of benzene rings is 2. The maximum atomic E-state index is 13.1. The second-order valence-electron chi connectivity index (χ2n) is 8.99. The van der Waals surface area contributed by atoms with Crippen molar-refractivity contribution < 1.29 is 13.9 Å². The highest BCUT2D eigenvalue weighted by Crippen LogP contribution is 2.35. The van der Waals surface area contributed by atoms with Crippen molar-refractivity contribution in [3.63, 3.8) is 0 Å². The molecule has 0 saturated carbocycles. The number of carbonyl (C=O) groups excluding carboxylic acids is 1. The van der Waals surface area contributed by atoms with Crippen LogP contribution in [0.25, 0.3) is 0 Å². The molecule has 1 aromatic heterocycles. The standard InChI is InChI=1S/C27H31N3O3/c1-32-25-9-5-6-21(16-25)26-19-30(27(31)22-10-15-33-20-22)18-23(26)17-28-11-13-29(14-12-28)24-7-3-2-4-8-24/h2-10,15-16,20,23,26H,11-14,17-19H2,1H3. The molecule has 0 bridgehead atoms. The number of likely N-dealkylation sites (tertiary alicyclic amines) is 1. The third-order valence-corrected chi connectivity index (χ3v) is 7.00. The predicted octanol–water partition coefficient (Wildman–Crippen LogP) is 3.97. The first-order valence-electron chi connectivity index (χ1n) is 11.7. The summed E-state index contributed by atoms with van der Waals surface area (Å²) < 4.78 is 10.6. The summed E-state index contributed by atoms with van der Waals surface area (Å²) in [6.45, 7) is 6.57. The summed E-state index contributed by atoms with van der Waals surface area (Å²) in [5.74, 6) is 1.56. The van der Waals surface area contributed by atoms with E-state index in [0.29, 0.717) is 18.0 Å². The van der Waals surface area contributed by atoms with Crippen LogP contribution in [0.1, 0.15) is 21.8 Å². The van der Waals surface area contributed by atoms with Crippen LogP contribution in [0, 0.1) is 5.92 Å². The minimum Gasteiger partial charge on any atom is -0.497 e. The lowest BCUT2D eigenvalue weighted by Gasteiger charge is -2.37. The number of rotatable bonds is 6. The summed E-state index contributed by atoms with van der Waals surface area (Å²) in [4.78, 5) is 20.1. The molecule has 172 valence electrons. The fraction of sp³-hybridized carbons (Fsp3) is 0.370. The molecule has 0 aliphatic carbocycles. The zero-order valence-electron chi connectivity index (χ0n) is 19.1. The van der Waals surface area contributed by atoms with Gasteiger partial charge in [-0.3, -0.25) is 9.69 Å². The first kappa shape index (κ1) is 21.6. The van der Waals surface area contributed by atoms with E-state index in [2.05, 4.69) is 52.3 Å². The molecule has 2 aliphatic rings. The van der Waals surface area contributed by atoms with Crippen molar-refractivity contribution in [2.45, 2.75) is 5.92 Å². The van der Waals surface area contributed by atoms with Crippen LogP contribution in [-0.2, 0) is 0 Å². The van der Waals surface area contributed by atoms with Gasteiger partial charge in [-0.1, -0.05) is 30.3 Å². The molecule has 1 amide bonds. The fourth-order valence-electron chi connectivity index (χ4n) is 5.20. The van der Waals surface area contributed by atoms with Gasteiger partial charge in [-0.05, 0) is 41.8 Å². The largest absolute Gasteiger partial charge is 0.497 e. The summed E-state index contributed by atoms with van der Waals surface area (Å²) in [7, 11) is 1.70. The highest BCUT2D eigenvalue weighted by Gasteiger charge is 2.38. The third kappa shape index (κ3) is 4.76. The molecule has 2 aromatic carbocycles. The van der Waals surface area contributed by atoms with Crippen LogP contribution in [0.15, 0.2) is 77.6 Å². The first-order chi connectivity index (χ1) is 16.2. The SMILES string of the molecule is COc1cccc(C2CN(C(=O)c3ccoc3)CC2CN2CCN(c3ccccc3)CC2)c1. The van der Waals surface area contributed by atoms with Gasteiger partial charge in [0.05, 0.1) is 18.9 Å². The van der Waals surface area contributed by atoms with E-state index >= 15 is 0 Å². The van der Waals surface area contributed by atoms with Gasteiger partial charge in [0.2, 0.25) is 0 Å². The second-order valence-corrected chi connectivity index (χ2v) is 8.99. The van der Waals surface area contributed by atoms with Gasteiger partial charge < -0.3 is 19.0 Å². The lowest BCUT2D eigenvalue weighted by atomic mass is 9.88. The molecule has 0 radical (unpaired) electrons. The molecule has 0 N–H and O–H groups in total. The molecule has 3 heterocycles. The average molecular weight is 446 g/mol. The summed E-state index contributed by atoms with van der Waals surface area (Å²) in [5, 5.41) is 0. The van der Waals surface area contributed by atoms with Gasteiger partial charge >= 0.3 is 0 Å². The number of methoxy groups -OCH3 is 1. The van der Waals surface area contributed by atoms with Crippen LogP contribution in [0.5, 0.6) is 5.75 Å². The minimum absolute atomic E-state index is 0.0491. The van der Waals surface area contributed by atoms with Gasteiger partial charge in [0.15, 0.2) is 0 Å². The lowest BCUT2D eigenvalue weighted by molar-refractivity contribution is 0.0781. The van der Waals surface area contributed by atoms with Crippen molar-refractivity contribution in [1.82, 2.24) is 9.80 Å². The van der Waals surface area contributed by atoms with E-state index in [1.165, 1.54) is 11.3 Å². The Hall–Kier alpha value is -3.25. The number of hydrogen-bond acceptors (Lipinski definition) is 5. The summed E-state index contributed by atoms with van der Waals surface area (Å²) >= 11 is 0. The highest BCUT2D eigenvalue weighted by molar-refractivity contribution is 5.94. The number of hydrogen-bond donors (Lipinski definition) is 0. The number of carbonyl (C=O) groups is 1. The summed E-state index contributed by atoms with van der Waals surface area (Å²) in [6, 6.07) is 20.7. The quantitative estimate of drug-likeness (QED) is 0.575. The molecular formula is C27H31N3O3. The number of anilines is 1. The Balaban J connectivity index is 1.29. The number of amides is 1. The number of ether oxygens (including phenoxy) is 1. The van der Waals surface area contributed by atoms with Crippen LogP contribution in [-0.4, -0.2) is 68.6 Å². The smallest absolute Gasteiger partial charge is 0.257 e. The zero-order valence-corrected chi connectivity index (χ0v) is 19.1. The van der Waals surface area contributed by atoms with Gasteiger partial charge in [0.25, 0.3) is 5.91 Å². The van der Waals surface area contributed by atoms with Crippen molar-refractivity contribution in [3.8, 4) is 5.75 Å². The maximum Gasteiger partial charge on any atom is 0.257 e.